The Morgan fingerprint density at radius 1 is 0.957 bits per heavy atom. The number of allylic oxidation sites excluding steroid dienone is 2. The van der Waals surface area contributed by atoms with Crippen molar-refractivity contribution in [3.8, 4) is 5.75 Å². The molecule has 1 aliphatic carbocycles. The lowest BCUT2D eigenvalue weighted by molar-refractivity contribution is -0.144. The summed E-state index contributed by atoms with van der Waals surface area (Å²) in [7, 11) is 0. The Morgan fingerprint density at radius 2 is 1.72 bits per heavy atom. The number of para-hydroxylation sites is 1. The van der Waals surface area contributed by atoms with E-state index in [1.807, 2.05) is 48.5 Å². The number of phenols is 1. The lowest BCUT2D eigenvalue weighted by Crippen LogP contribution is -2.47. The maximum absolute atomic E-state index is 14.1. The first-order valence-electron chi connectivity index (χ1n) is 16.9. The van der Waals surface area contributed by atoms with Crippen molar-refractivity contribution in [3.63, 3.8) is 0 Å². The maximum atomic E-state index is 14.1. The zero-order valence-corrected chi connectivity index (χ0v) is 26.6. The largest absolute Gasteiger partial charge is 0.507 e. The minimum Gasteiger partial charge on any atom is -0.507 e. The minimum atomic E-state index is -0.322. The highest BCUT2D eigenvalue weighted by atomic mass is 16.5. The Bertz CT molecular complexity index is 1630. The zero-order valence-electron chi connectivity index (χ0n) is 26.6. The van der Waals surface area contributed by atoms with Gasteiger partial charge in [-0.05, 0) is 79.5 Å². The summed E-state index contributed by atoms with van der Waals surface area (Å²) in [5, 5.41) is 10.5. The van der Waals surface area contributed by atoms with E-state index < -0.39 is 0 Å². The standard InChI is InChI=1S/C39H43N3O4/c1-2-27-23-31-37(39(45)42(38(31)44)30-17-20-41(21-18-30)24-26-10-4-3-5-11-26)32-25-46-35(36(27)32)16-15-28(33-13-8-9-19-40-33)22-29-12-6-7-14-34(29)43/h3-14,19,22,30-32,35,37,43H,2,15-18,20-21,23-25H2,1H3/b28-22-/t31-,32+,35-,37-/m1/s1. The topological polar surface area (TPSA) is 83.0 Å². The summed E-state index contributed by atoms with van der Waals surface area (Å²) in [6.07, 6.45) is 8.32. The van der Waals surface area contributed by atoms with Gasteiger partial charge in [0, 0.05) is 43.4 Å². The van der Waals surface area contributed by atoms with Gasteiger partial charge in [0.25, 0.3) is 0 Å². The van der Waals surface area contributed by atoms with Crippen molar-refractivity contribution >= 4 is 23.5 Å². The molecule has 1 aromatic heterocycles. The molecule has 3 aliphatic heterocycles. The lowest BCUT2D eigenvalue weighted by atomic mass is 9.69. The number of hydrogen-bond acceptors (Lipinski definition) is 6. The number of piperidine rings is 1. The Hall–Kier alpha value is -4.07. The Labute approximate surface area is 271 Å². The number of fused-ring (bicyclic) bond motifs is 3. The van der Waals surface area contributed by atoms with Crippen LogP contribution >= 0.6 is 0 Å². The van der Waals surface area contributed by atoms with Gasteiger partial charge < -0.3 is 9.84 Å². The summed E-state index contributed by atoms with van der Waals surface area (Å²) in [5.74, 6) is -0.347. The second-order valence-electron chi connectivity index (χ2n) is 13.2. The molecule has 0 unspecified atom stereocenters. The van der Waals surface area contributed by atoms with Crippen molar-refractivity contribution in [3.05, 3.63) is 107 Å². The molecule has 2 amide bonds. The Morgan fingerprint density at radius 3 is 2.46 bits per heavy atom. The molecule has 7 nitrogen and oxygen atoms in total. The second-order valence-corrected chi connectivity index (χ2v) is 13.2. The number of carbonyl (C=O) groups is 2. The molecular formula is C39H43N3O4. The highest BCUT2D eigenvalue weighted by Gasteiger charge is 2.58. The summed E-state index contributed by atoms with van der Waals surface area (Å²) in [4.78, 5) is 36.8. The van der Waals surface area contributed by atoms with Gasteiger partial charge in [0.15, 0.2) is 0 Å². The number of phenolic OH excluding ortho intramolecular Hbond substituents is 1. The van der Waals surface area contributed by atoms with E-state index in [0.717, 1.165) is 62.1 Å². The zero-order chi connectivity index (χ0) is 31.6. The molecule has 4 heterocycles. The molecular weight excluding hydrogens is 574 g/mol. The molecule has 3 saturated heterocycles. The highest BCUT2D eigenvalue weighted by Crippen LogP contribution is 2.51. The van der Waals surface area contributed by atoms with Crippen LogP contribution in [0.1, 0.15) is 62.3 Å². The van der Waals surface area contributed by atoms with Crippen LogP contribution < -0.4 is 0 Å². The molecule has 0 radical (unpaired) electrons. The van der Waals surface area contributed by atoms with E-state index in [-0.39, 0.29) is 47.5 Å². The van der Waals surface area contributed by atoms with Crippen LogP contribution in [0.25, 0.3) is 11.6 Å². The molecule has 3 fully saturated rings. The second kappa shape index (κ2) is 13.3. The number of pyridine rings is 1. The monoisotopic (exact) mass is 617 g/mol. The Kier molecular flexibility index (Phi) is 8.87. The van der Waals surface area contributed by atoms with Crippen molar-refractivity contribution in [2.45, 2.75) is 64.1 Å². The van der Waals surface area contributed by atoms with Crippen LogP contribution in [-0.2, 0) is 20.9 Å². The third-order valence-electron chi connectivity index (χ3n) is 10.6. The number of benzene rings is 2. The summed E-state index contributed by atoms with van der Waals surface area (Å²) >= 11 is 0. The summed E-state index contributed by atoms with van der Waals surface area (Å²) < 4.78 is 6.49. The van der Waals surface area contributed by atoms with E-state index in [1.165, 1.54) is 16.7 Å². The van der Waals surface area contributed by atoms with Crippen molar-refractivity contribution in [1.82, 2.24) is 14.8 Å². The van der Waals surface area contributed by atoms with Gasteiger partial charge in [-0.2, -0.15) is 0 Å². The average molecular weight is 618 g/mol. The van der Waals surface area contributed by atoms with E-state index in [9.17, 15) is 14.7 Å². The van der Waals surface area contributed by atoms with Crippen molar-refractivity contribution < 1.29 is 19.4 Å². The van der Waals surface area contributed by atoms with Gasteiger partial charge in [0.2, 0.25) is 11.8 Å². The van der Waals surface area contributed by atoms with Crippen molar-refractivity contribution in [2.75, 3.05) is 19.7 Å². The van der Waals surface area contributed by atoms with Gasteiger partial charge in [0.05, 0.1) is 30.2 Å². The predicted octanol–water partition coefficient (Wildman–Crippen LogP) is 6.50. The lowest BCUT2D eigenvalue weighted by Gasteiger charge is -2.36. The van der Waals surface area contributed by atoms with Crippen LogP contribution in [-0.4, -0.2) is 63.5 Å². The minimum absolute atomic E-state index is 0.0204. The van der Waals surface area contributed by atoms with Gasteiger partial charge >= 0.3 is 0 Å². The number of hydrogen-bond donors (Lipinski definition) is 1. The van der Waals surface area contributed by atoms with Crippen LogP contribution in [0.5, 0.6) is 5.75 Å². The normalized spacial score (nSPS) is 25.7. The first kappa shape index (κ1) is 30.6. The third-order valence-corrected chi connectivity index (χ3v) is 10.6. The molecule has 0 spiro atoms. The number of ether oxygens (including phenoxy) is 1. The summed E-state index contributed by atoms with van der Waals surface area (Å²) in [6, 6.07) is 23.7. The van der Waals surface area contributed by atoms with Gasteiger partial charge in [-0.15, -0.1) is 0 Å². The first-order chi connectivity index (χ1) is 22.5. The molecule has 238 valence electrons. The molecule has 0 bridgehead atoms. The Balaban J connectivity index is 1.06. The maximum Gasteiger partial charge on any atom is 0.234 e. The first-order valence-corrected chi connectivity index (χ1v) is 16.9. The van der Waals surface area contributed by atoms with Crippen LogP contribution in [0, 0.1) is 17.8 Å². The number of aromatic hydroxyl groups is 1. The fraction of sp³-hybridized carbons (Fsp3) is 0.410. The number of rotatable bonds is 9. The quantitative estimate of drug-likeness (QED) is 0.218. The van der Waals surface area contributed by atoms with E-state index in [1.54, 1.807) is 17.2 Å². The molecule has 7 rings (SSSR count). The number of likely N-dealkylation sites (tertiary alicyclic amines) is 2. The number of carbonyl (C=O) groups excluding carboxylic acids is 2. The molecule has 4 atom stereocenters. The molecule has 4 aliphatic rings. The molecule has 7 heteroatoms. The number of imide groups is 1. The average Bonchev–Trinajstić information content (AvgIpc) is 3.62. The fourth-order valence-corrected chi connectivity index (χ4v) is 8.28. The van der Waals surface area contributed by atoms with E-state index in [0.29, 0.717) is 19.4 Å². The number of aromatic nitrogens is 1. The van der Waals surface area contributed by atoms with Gasteiger partial charge in [-0.3, -0.25) is 24.4 Å². The van der Waals surface area contributed by atoms with E-state index in [2.05, 4.69) is 41.1 Å². The molecule has 1 N–H and O–H groups in total. The van der Waals surface area contributed by atoms with Crippen LogP contribution in [0.15, 0.2) is 90.1 Å². The molecule has 2 aromatic carbocycles. The van der Waals surface area contributed by atoms with E-state index >= 15 is 0 Å². The molecule has 3 aromatic rings. The van der Waals surface area contributed by atoms with Crippen LogP contribution in [0.4, 0.5) is 0 Å². The van der Waals surface area contributed by atoms with Gasteiger partial charge in [0.1, 0.15) is 5.75 Å². The van der Waals surface area contributed by atoms with Crippen LogP contribution in [0.3, 0.4) is 0 Å². The summed E-state index contributed by atoms with van der Waals surface area (Å²) in [5.41, 5.74) is 6.49. The fourth-order valence-electron chi connectivity index (χ4n) is 8.28. The SMILES string of the molecule is CCC1=C2[C@@H](CC/C(=C/c3ccccc3O)c3ccccn3)OC[C@@H]2[C@@H]2C(=O)N(C3CCN(Cc4ccccc4)CC3)C(=O)[C@@H]2C1. The van der Waals surface area contributed by atoms with Gasteiger partial charge in [-0.1, -0.05) is 67.1 Å². The number of amides is 2. The predicted molar refractivity (Wildman–Crippen MR) is 178 cm³/mol. The number of nitrogens with zero attached hydrogens (tertiary/aromatic N) is 3. The molecule has 46 heavy (non-hydrogen) atoms. The smallest absolute Gasteiger partial charge is 0.234 e. The van der Waals surface area contributed by atoms with Crippen LogP contribution in [0.2, 0.25) is 0 Å². The van der Waals surface area contributed by atoms with Gasteiger partial charge in [-0.25, -0.2) is 0 Å². The summed E-state index contributed by atoms with van der Waals surface area (Å²) in [6.45, 7) is 5.32. The molecule has 0 saturated carbocycles. The highest BCUT2D eigenvalue weighted by molar-refractivity contribution is 6.06. The third kappa shape index (κ3) is 5.94. The van der Waals surface area contributed by atoms with Crippen molar-refractivity contribution in [1.29, 1.82) is 0 Å². The van der Waals surface area contributed by atoms with Crippen molar-refractivity contribution in [2.24, 2.45) is 17.8 Å². The van der Waals surface area contributed by atoms with E-state index in [4.69, 9.17) is 4.74 Å².